The van der Waals surface area contributed by atoms with Crippen LogP contribution in [0.4, 0.5) is 0 Å². The van der Waals surface area contributed by atoms with Gasteiger partial charge in [-0.15, -0.1) is 23.1 Å². The molecular weight excluding hydrogens is 314 g/mol. The number of hydrogen-bond acceptors (Lipinski definition) is 4. The average molecular weight is 335 g/mol. The van der Waals surface area contributed by atoms with E-state index >= 15 is 0 Å². The SMILES string of the molecule is CO[C@H](CNC(=O)CSCc1ccccc1)c1ccc(C)s1. The summed E-state index contributed by atoms with van der Waals surface area (Å²) >= 11 is 3.33. The Labute approximate surface area is 140 Å². The molecule has 118 valence electrons. The predicted octanol–water partition coefficient (Wildman–Crippen LogP) is 3.79. The average Bonchev–Trinajstić information content (AvgIpc) is 2.95. The Kier molecular flexibility index (Phi) is 6.96. The summed E-state index contributed by atoms with van der Waals surface area (Å²) < 4.78 is 5.46. The third-order valence-corrected chi connectivity index (χ3v) is 5.29. The highest BCUT2D eigenvalue weighted by Gasteiger charge is 2.13. The number of thiophene rings is 1. The fourth-order valence-electron chi connectivity index (χ4n) is 2.02. The van der Waals surface area contributed by atoms with Crippen LogP contribution in [0.5, 0.6) is 0 Å². The number of methoxy groups -OCH3 is 1. The van der Waals surface area contributed by atoms with Crippen LogP contribution >= 0.6 is 23.1 Å². The largest absolute Gasteiger partial charge is 0.374 e. The first-order valence-electron chi connectivity index (χ1n) is 7.16. The number of carbonyl (C=O) groups excluding carboxylic acids is 1. The maximum atomic E-state index is 11.9. The van der Waals surface area contributed by atoms with Gasteiger partial charge in [0.2, 0.25) is 5.91 Å². The van der Waals surface area contributed by atoms with Gasteiger partial charge in [-0.1, -0.05) is 30.3 Å². The molecule has 1 amide bonds. The van der Waals surface area contributed by atoms with E-state index in [0.29, 0.717) is 12.3 Å². The smallest absolute Gasteiger partial charge is 0.230 e. The molecule has 0 aliphatic rings. The van der Waals surface area contributed by atoms with Gasteiger partial charge in [-0.05, 0) is 24.6 Å². The standard InChI is InChI=1S/C17H21NO2S2/c1-13-8-9-16(22-13)15(20-2)10-18-17(19)12-21-11-14-6-4-3-5-7-14/h3-9,15H,10-12H2,1-2H3,(H,18,19)/t15-/m1/s1. The third-order valence-electron chi connectivity index (χ3n) is 3.19. The summed E-state index contributed by atoms with van der Waals surface area (Å²) in [7, 11) is 1.68. The molecule has 22 heavy (non-hydrogen) atoms. The Balaban J connectivity index is 1.70. The Hall–Kier alpha value is -1.30. The van der Waals surface area contributed by atoms with E-state index in [1.54, 1.807) is 30.2 Å². The maximum Gasteiger partial charge on any atom is 0.230 e. The highest BCUT2D eigenvalue weighted by atomic mass is 32.2. The highest BCUT2D eigenvalue weighted by Crippen LogP contribution is 2.24. The van der Waals surface area contributed by atoms with Crippen LogP contribution in [0.3, 0.4) is 0 Å². The zero-order valence-electron chi connectivity index (χ0n) is 12.9. The Morgan fingerprint density at radius 3 is 2.68 bits per heavy atom. The molecule has 0 unspecified atom stereocenters. The van der Waals surface area contributed by atoms with Crippen molar-refractivity contribution in [2.75, 3.05) is 19.4 Å². The molecule has 1 N–H and O–H groups in total. The number of benzene rings is 1. The van der Waals surface area contributed by atoms with Gasteiger partial charge in [0.15, 0.2) is 0 Å². The lowest BCUT2D eigenvalue weighted by Crippen LogP contribution is -2.30. The number of aryl methyl sites for hydroxylation is 1. The van der Waals surface area contributed by atoms with E-state index in [9.17, 15) is 4.79 Å². The van der Waals surface area contributed by atoms with Gasteiger partial charge in [0, 0.05) is 29.2 Å². The van der Waals surface area contributed by atoms with Crippen molar-refractivity contribution in [3.05, 3.63) is 57.8 Å². The minimum Gasteiger partial charge on any atom is -0.374 e. The Morgan fingerprint density at radius 1 is 1.27 bits per heavy atom. The second-order valence-electron chi connectivity index (χ2n) is 4.96. The summed E-state index contributed by atoms with van der Waals surface area (Å²) in [5.74, 6) is 1.37. The lowest BCUT2D eigenvalue weighted by Gasteiger charge is -2.14. The maximum absolute atomic E-state index is 11.9. The molecule has 2 aromatic rings. The first-order chi connectivity index (χ1) is 10.7. The number of rotatable bonds is 8. The van der Waals surface area contributed by atoms with Crippen molar-refractivity contribution in [3.63, 3.8) is 0 Å². The molecule has 0 aliphatic heterocycles. The molecular formula is C17H21NO2S2. The van der Waals surface area contributed by atoms with Gasteiger partial charge in [-0.3, -0.25) is 4.79 Å². The number of ether oxygens (including phenoxy) is 1. The summed E-state index contributed by atoms with van der Waals surface area (Å²) in [6.45, 7) is 2.58. The normalized spacial score (nSPS) is 12.1. The van der Waals surface area contributed by atoms with Crippen molar-refractivity contribution < 1.29 is 9.53 Å². The molecule has 2 rings (SSSR count). The molecule has 0 aliphatic carbocycles. The minimum atomic E-state index is -0.0678. The number of hydrogen-bond donors (Lipinski definition) is 1. The van der Waals surface area contributed by atoms with Gasteiger partial charge in [0.05, 0.1) is 5.75 Å². The van der Waals surface area contributed by atoms with Crippen LogP contribution in [0.1, 0.15) is 21.4 Å². The van der Waals surface area contributed by atoms with E-state index < -0.39 is 0 Å². The molecule has 5 heteroatoms. The molecule has 0 radical (unpaired) electrons. The third kappa shape index (κ3) is 5.48. The number of amides is 1. The van der Waals surface area contributed by atoms with E-state index in [2.05, 4.69) is 36.5 Å². The quantitative estimate of drug-likeness (QED) is 0.797. The zero-order chi connectivity index (χ0) is 15.8. The van der Waals surface area contributed by atoms with Crippen molar-refractivity contribution in [3.8, 4) is 0 Å². The lowest BCUT2D eigenvalue weighted by molar-refractivity contribution is -0.119. The van der Waals surface area contributed by atoms with Crippen LogP contribution in [0.25, 0.3) is 0 Å². The molecule has 1 atom stereocenters. The number of thioether (sulfide) groups is 1. The topological polar surface area (TPSA) is 38.3 Å². The van der Waals surface area contributed by atoms with Crippen LogP contribution < -0.4 is 5.32 Å². The first-order valence-corrected chi connectivity index (χ1v) is 9.13. The van der Waals surface area contributed by atoms with Crippen molar-refractivity contribution in [2.24, 2.45) is 0 Å². The van der Waals surface area contributed by atoms with Crippen molar-refractivity contribution in [1.82, 2.24) is 5.32 Å². The van der Waals surface area contributed by atoms with Gasteiger partial charge in [0.25, 0.3) is 0 Å². The van der Waals surface area contributed by atoms with Crippen LogP contribution in [0.2, 0.25) is 0 Å². The van der Waals surface area contributed by atoms with Crippen LogP contribution in [0, 0.1) is 6.92 Å². The lowest BCUT2D eigenvalue weighted by atomic mass is 10.2. The van der Waals surface area contributed by atoms with E-state index in [-0.39, 0.29) is 12.0 Å². The molecule has 1 heterocycles. The molecule has 0 bridgehead atoms. The number of carbonyl (C=O) groups is 1. The fourth-order valence-corrected chi connectivity index (χ4v) is 3.79. The summed E-state index contributed by atoms with van der Waals surface area (Å²) in [6.07, 6.45) is -0.0678. The van der Waals surface area contributed by atoms with Gasteiger partial charge < -0.3 is 10.1 Å². The van der Waals surface area contributed by atoms with E-state index in [1.165, 1.54) is 10.4 Å². The molecule has 0 saturated carbocycles. The minimum absolute atomic E-state index is 0.0521. The van der Waals surface area contributed by atoms with E-state index in [0.717, 1.165) is 10.6 Å². The summed E-state index contributed by atoms with van der Waals surface area (Å²) in [4.78, 5) is 14.3. The van der Waals surface area contributed by atoms with Crippen molar-refractivity contribution in [1.29, 1.82) is 0 Å². The molecule has 1 aromatic heterocycles. The molecule has 3 nitrogen and oxygen atoms in total. The van der Waals surface area contributed by atoms with E-state index in [1.807, 2.05) is 18.2 Å². The van der Waals surface area contributed by atoms with Crippen LogP contribution in [-0.4, -0.2) is 25.3 Å². The predicted molar refractivity (Wildman–Crippen MR) is 94.4 cm³/mol. The van der Waals surface area contributed by atoms with Crippen molar-refractivity contribution in [2.45, 2.75) is 18.8 Å². The highest BCUT2D eigenvalue weighted by molar-refractivity contribution is 7.99. The Morgan fingerprint density at radius 2 is 2.05 bits per heavy atom. The second-order valence-corrected chi connectivity index (χ2v) is 7.26. The molecule has 0 saturated heterocycles. The summed E-state index contributed by atoms with van der Waals surface area (Å²) in [6, 6.07) is 14.3. The zero-order valence-corrected chi connectivity index (χ0v) is 14.5. The molecule has 1 aromatic carbocycles. The van der Waals surface area contributed by atoms with Crippen LogP contribution in [-0.2, 0) is 15.3 Å². The van der Waals surface area contributed by atoms with Crippen molar-refractivity contribution >= 4 is 29.0 Å². The van der Waals surface area contributed by atoms with Gasteiger partial charge in [0.1, 0.15) is 6.10 Å². The first kappa shape index (κ1) is 17.1. The Bertz CT molecular complexity index is 583. The van der Waals surface area contributed by atoms with Gasteiger partial charge in [-0.2, -0.15) is 0 Å². The molecule has 0 spiro atoms. The molecule has 0 fully saturated rings. The van der Waals surface area contributed by atoms with Gasteiger partial charge in [-0.25, -0.2) is 0 Å². The second kappa shape index (κ2) is 8.98. The monoisotopic (exact) mass is 335 g/mol. The summed E-state index contributed by atoms with van der Waals surface area (Å²) in [5.41, 5.74) is 1.24. The fraction of sp³-hybridized carbons (Fsp3) is 0.353. The van der Waals surface area contributed by atoms with Gasteiger partial charge >= 0.3 is 0 Å². The summed E-state index contributed by atoms with van der Waals surface area (Å²) in [5, 5.41) is 2.95. The van der Waals surface area contributed by atoms with Crippen LogP contribution in [0.15, 0.2) is 42.5 Å². The van der Waals surface area contributed by atoms with E-state index in [4.69, 9.17) is 4.74 Å². The number of nitrogens with one attached hydrogen (secondary N) is 1.